The van der Waals surface area contributed by atoms with Gasteiger partial charge in [-0.15, -0.1) is 0 Å². The summed E-state index contributed by atoms with van der Waals surface area (Å²) in [6.45, 7) is 3.82. The molecule has 1 heterocycles. The van der Waals surface area contributed by atoms with Gasteiger partial charge in [-0.25, -0.2) is 18.1 Å². The average molecular weight is 464 g/mol. The number of rotatable bonds is 6. The summed E-state index contributed by atoms with van der Waals surface area (Å²) < 4.78 is 29.1. The van der Waals surface area contributed by atoms with Gasteiger partial charge in [-0.05, 0) is 69.6 Å². The highest BCUT2D eigenvalue weighted by molar-refractivity contribution is 7.89. The summed E-state index contributed by atoms with van der Waals surface area (Å²) in [7, 11) is -3.63. The fourth-order valence-corrected chi connectivity index (χ4v) is 7.27. The molecule has 2 aromatic rings. The molecule has 8 heteroatoms. The minimum Gasteiger partial charge on any atom is -0.393 e. The van der Waals surface area contributed by atoms with Crippen LogP contribution in [0, 0.1) is 13.8 Å². The molecule has 2 fully saturated rings. The summed E-state index contributed by atoms with van der Waals surface area (Å²) >= 11 is 1.60. The van der Waals surface area contributed by atoms with Crippen molar-refractivity contribution in [1.29, 1.82) is 0 Å². The summed E-state index contributed by atoms with van der Waals surface area (Å²) in [4.78, 5) is 6.05. The molecule has 31 heavy (non-hydrogen) atoms. The minimum absolute atomic E-state index is 0.118. The van der Waals surface area contributed by atoms with Crippen molar-refractivity contribution in [2.45, 2.75) is 94.7 Å². The van der Waals surface area contributed by atoms with Crippen molar-refractivity contribution < 1.29 is 13.5 Å². The van der Waals surface area contributed by atoms with Crippen molar-refractivity contribution in [3.05, 3.63) is 29.5 Å². The van der Waals surface area contributed by atoms with E-state index in [9.17, 15) is 13.5 Å². The van der Waals surface area contributed by atoms with E-state index < -0.39 is 10.0 Å². The van der Waals surface area contributed by atoms with E-state index in [4.69, 9.17) is 4.98 Å². The van der Waals surface area contributed by atoms with Gasteiger partial charge in [0.05, 0.1) is 21.6 Å². The van der Waals surface area contributed by atoms with Gasteiger partial charge in [-0.3, -0.25) is 0 Å². The maximum Gasteiger partial charge on any atom is 0.241 e. The summed E-state index contributed by atoms with van der Waals surface area (Å²) in [5.41, 5.74) is 2.54. The largest absolute Gasteiger partial charge is 0.393 e. The highest BCUT2D eigenvalue weighted by Gasteiger charge is 2.26. The zero-order valence-corrected chi connectivity index (χ0v) is 20.0. The van der Waals surface area contributed by atoms with Gasteiger partial charge in [-0.2, -0.15) is 0 Å². The van der Waals surface area contributed by atoms with E-state index in [1.807, 2.05) is 26.0 Å². The molecule has 2 aliphatic rings. The number of hydrogen-bond donors (Lipinski definition) is 3. The molecule has 0 amide bonds. The second-order valence-electron chi connectivity index (χ2n) is 9.02. The van der Waals surface area contributed by atoms with Crippen LogP contribution in [0.4, 0.5) is 5.13 Å². The molecular formula is C23H33N3O3S2. The Morgan fingerprint density at radius 3 is 2.42 bits per heavy atom. The molecule has 1 aromatic heterocycles. The maximum absolute atomic E-state index is 13.1. The number of aliphatic hydroxyl groups excluding tert-OH is 1. The third kappa shape index (κ3) is 5.48. The van der Waals surface area contributed by atoms with Crippen LogP contribution < -0.4 is 10.0 Å². The number of anilines is 1. The van der Waals surface area contributed by atoms with Crippen molar-refractivity contribution in [3.8, 4) is 10.4 Å². The van der Waals surface area contributed by atoms with Gasteiger partial charge in [0.1, 0.15) is 0 Å². The fourth-order valence-electron chi connectivity index (χ4n) is 4.65. The van der Waals surface area contributed by atoms with Gasteiger partial charge in [0.15, 0.2) is 5.13 Å². The Bertz CT molecular complexity index is 1010. The lowest BCUT2D eigenvalue weighted by Gasteiger charge is -2.26. The number of benzene rings is 1. The molecule has 4 rings (SSSR count). The Morgan fingerprint density at radius 2 is 1.71 bits per heavy atom. The topological polar surface area (TPSA) is 91.3 Å². The normalized spacial score (nSPS) is 23.1. The summed E-state index contributed by atoms with van der Waals surface area (Å²) in [6.07, 6.45) is 8.53. The average Bonchev–Trinajstić information content (AvgIpc) is 3.10. The molecule has 0 bridgehead atoms. The van der Waals surface area contributed by atoms with E-state index in [-0.39, 0.29) is 12.1 Å². The van der Waals surface area contributed by atoms with Crippen LogP contribution in [0.5, 0.6) is 0 Å². The quantitative estimate of drug-likeness (QED) is 0.575. The fraction of sp³-hybridized carbons (Fsp3) is 0.609. The van der Waals surface area contributed by atoms with Crippen LogP contribution in [-0.4, -0.2) is 36.7 Å². The molecule has 0 radical (unpaired) electrons. The first-order chi connectivity index (χ1) is 14.8. The van der Waals surface area contributed by atoms with E-state index in [1.54, 1.807) is 17.4 Å². The Labute approximate surface area is 189 Å². The molecule has 0 spiro atoms. The number of sulfonamides is 1. The Morgan fingerprint density at radius 1 is 1.00 bits per heavy atom. The Kier molecular flexibility index (Phi) is 7.01. The van der Waals surface area contributed by atoms with Gasteiger partial charge in [0.25, 0.3) is 0 Å². The number of thiazole rings is 1. The molecule has 170 valence electrons. The first-order valence-corrected chi connectivity index (χ1v) is 13.7. The summed E-state index contributed by atoms with van der Waals surface area (Å²) in [5, 5.41) is 14.2. The van der Waals surface area contributed by atoms with Crippen LogP contribution in [0.15, 0.2) is 23.1 Å². The van der Waals surface area contributed by atoms with Crippen LogP contribution in [0.1, 0.15) is 69.0 Å². The second kappa shape index (κ2) is 9.57. The van der Waals surface area contributed by atoms with E-state index in [0.717, 1.165) is 26.8 Å². The Balaban J connectivity index is 1.54. The summed E-state index contributed by atoms with van der Waals surface area (Å²) in [5.74, 6) is 0. The highest BCUT2D eigenvalue weighted by atomic mass is 32.2. The van der Waals surface area contributed by atoms with Crippen molar-refractivity contribution in [2.75, 3.05) is 5.32 Å². The molecule has 0 aliphatic heterocycles. The lowest BCUT2D eigenvalue weighted by Crippen LogP contribution is -2.38. The molecule has 0 unspecified atom stereocenters. The lowest BCUT2D eigenvalue weighted by molar-refractivity contribution is 0.120. The number of hydrogen-bond acceptors (Lipinski definition) is 6. The standard InChI is InChI=1S/C23H33N3O3S2/c1-15-8-9-17(14-21(15)31(28,29)26-19-10-12-20(27)13-11-19)22-16(2)24-23(30-22)25-18-6-4-3-5-7-18/h8-9,14,18-20,26-27H,3-7,10-13H2,1-2H3,(H,24,25)/t19-,20+. The van der Waals surface area contributed by atoms with Crippen LogP contribution >= 0.6 is 11.3 Å². The second-order valence-corrected chi connectivity index (χ2v) is 11.7. The first-order valence-electron chi connectivity index (χ1n) is 11.4. The third-order valence-corrected chi connectivity index (χ3v) is 9.29. The van der Waals surface area contributed by atoms with E-state index >= 15 is 0 Å². The van der Waals surface area contributed by atoms with Crippen LogP contribution in [0.3, 0.4) is 0 Å². The number of nitrogens with zero attached hydrogens (tertiary/aromatic N) is 1. The smallest absolute Gasteiger partial charge is 0.241 e. The third-order valence-electron chi connectivity index (χ3n) is 6.49. The van der Waals surface area contributed by atoms with Gasteiger partial charge in [0, 0.05) is 12.1 Å². The van der Waals surface area contributed by atoms with E-state index in [0.29, 0.717) is 36.6 Å². The molecule has 3 N–H and O–H groups in total. The van der Waals surface area contributed by atoms with Crippen molar-refractivity contribution in [2.24, 2.45) is 0 Å². The van der Waals surface area contributed by atoms with E-state index in [2.05, 4.69) is 10.0 Å². The molecule has 1 aromatic carbocycles. The molecule has 6 nitrogen and oxygen atoms in total. The van der Waals surface area contributed by atoms with Gasteiger partial charge >= 0.3 is 0 Å². The first kappa shape index (κ1) is 22.7. The number of aryl methyl sites for hydroxylation is 2. The van der Waals surface area contributed by atoms with Crippen LogP contribution in [0.2, 0.25) is 0 Å². The number of aromatic nitrogens is 1. The lowest BCUT2D eigenvalue weighted by atomic mass is 9.94. The molecular weight excluding hydrogens is 430 g/mol. The van der Waals surface area contributed by atoms with Crippen LogP contribution in [-0.2, 0) is 10.0 Å². The zero-order chi connectivity index (χ0) is 22.0. The summed E-state index contributed by atoms with van der Waals surface area (Å²) in [6, 6.07) is 6.01. The predicted molar refractivity (Wildman–Crippen MR) is 126 cm³/mol. The number of aliphatic hydroxyl groups is 1. The zero-order valence-electron chi connectivity index (χ0n) is 18.4. The molecule has 2 saturated carbocycles. The SMILES string of the molecule is Cc1ccc(-c2sc(NC3CCCCC3)nc2C)cc1S(=O)(=O)N[C@H]1CC[C@@H](O)CC1. The maximum atomic E-state index is 13.1. The van der Waals surface area contributed by atoms with Gasteiger partial charge in [0.2, 0.25) is 10.0 Å². The van der Waals surface area contributed by atoms with Gasteiger partial charge in [-0.1, -0.05) is 42.7 Å². The Hall–Kier alpha value is -1.48. The van der Waals surface area contributed by atoms with Crippen molar-refractivity contribution >= 4 is 26.5 Å². The number of nitrogens with one attached hydrogen (secondary N) is 2. The van der Waals surface area contributed by atoms with Crippen LogP contribution in [0.25, 0.3) is 10.4 Å². The molecule has 0 atom stereocenters. The van der Waals surface area contributed by atoms with Crippen molar-refractivity contribution in [1.82, 2.24) is 9.71 Å². The minimum atomic E-state index is -3.63. The molecule has 2 aliphatic carbocycles. The van der Waals surface area contributed by atoms with E-state index in [1.165, 1.54) is 32.1 Å². The monoisotopic (exact) mass is 463 g/mol. The van der Waals surface area contributed by atoms with Gasteiger partial charge < -0.3 is 10.4 Å². The van der Waals surface area contributed by atoms with Crippen molar-refractivity contribution in [3.63, 3.8) is 0 Å². The molecule has 0 saturated heterocycles. The predicted octanol–water partition coefficient (Wildman–Crippen LogP) is 4.75. The highest BCUT2D eigenvalue weighted by Crippen LogP contribution is 2.36.